The largest absolute Gasteiger partial charge is 0.489 e. The normalized spacial score (nSPS) is 10.6. The number of carbonyl (C=O) groups is 1. The Morgan fingerprint density at radius 1 is 1.08 bits per heavy atom. The minimum Gasteiger partial charge on any atom is -0.489 e. The number of benzene rings is 2. The zero-order chi connectivity index (χ0) is 17.8. The summed E-state index contributed by atoms with van der Waals surface area (Å²) >= 11 is 1.20. The third-order valence-corrected chi connectivity index (χ3v) is 5.12. The highest BCUT2D eigenvalue weighted by Crippen LogP contribution is 2.28. The lowest BCUT2D eigenvalue weighted by molar-refractivity contribution is 0.0701. The summed E-state index contributed by atoms with van der Waals surface area (Å²) in [6.07, 6.45) is 1.02. The molecule has 0 aliphatic rings. The fraction of sp³-hybridized carbons (Fsp3) is 0.200. The Morgan fingerprint density at radius 2 is 1.72 bits per heavy atom. The lowest BCUT2D eigenvalue weighted by Crippen LogP contribution is -1.95. The van der Waals surface area contributed by atoms with Gasteiger partial charge in [-0.15, -0.1) is 11.3 Å². The summed E-state index contributed by atoms with van der Waals surface area (Å²) in [5, 5.41) is 9.85. The van der Waals surface area contributed by atoms with Gasteiger partial charge < -0.3 is 9.84 Å². The van der Waals surface area contributed by atoms with Gasteiger partial charge in [-0.25, -0.2) is 9.78 Å². The predicted molar refractivity (Wildman–Crippen MR) is 99.4 cm³/mol. The summed E-state index contributed by atoms with van der Waals surface area (Å²) in [7, 11) is 0. The number of hydrogen-bond acceptors (Lipinski definition) is 4. The van der Waals surface area contributed by atoms with E-state index in [-0.39, 0.29) is 4.88 Å². The molecule has 5 heteroatoms. The molecule has 4 nitrogen and oxygen atoms in total. The fourth-order valence-electron chi connectivity index (χ4n) is 2.45. The molecular weight excluding hydrogens is 334 g/mol. The topological polar surface area (TPSA) is 59.4 Å². The summed E-state index contributed by atoms with van der Waals surface area (Å²) in [6, 6.07) is 16.0. The highest BCUT2D eigenvalue weighted by Gasteiger charge is 2.14. The molecule has 0 bridgehead atoms. The highest BCUT2D eigenvalue weighted by molar-refractivity contribution is 7.17. The first-order chi connectivity index (χ1) is 12.1. The van der Waals surface area contributed by atoms with E-state index in [4.69, 9.17) is 9.84 Å². The second-order valence-corrected chi connectivity index (χ2v) is 6.72. The van der Waals surface area contributed by atoms with Crippen LogP contribution in [0.15, 0.2) is 48.5 Å². The van der Waals surface area contributed by atoms with E-state index in [1.165, 1.54) is 16.9 Å². The summed E-state index contributed by atoms with van der Waals surface area (Å²) in [4.78, 5) is 15.8. The van der Waals surface area contributed by atoms with Crippen molar-refractivity contribution in [3.8, 4) is 16.3 Å². The molecule has 1 N–H and O–H groups in total. The van der Waals surface area contributed by atoms with Gasteiger partial charge in [0.2, 0.25) is 0 Å². The number of ether oxygens (including phenoxy) is 1. The lowest BCUT2D eigenvalue weighted by atomic mass is 10.1. The van der Waals surface area contributed by atoms with Crippen molar-refractivity contribution in [1.82, 2.24) is 4.98 Å². The Labute approximate surface area is 150 Å². The van der Waals surface area contributed by atoms with Crippen LogP contribution in [0.5, 0.6) is 5.75 Å². The number of carboxylic acid groups (broad SMARTS) is 1. The van der Waals surface area contributed by atoms with E-state index in [1.807, 2.05) is 36.4 Å². The van der Waals surface area contributed by atoms with Crippen molar-refractivity contribution in [2.45, 2.75) is 26.9 Å². The molecule has 2 aromatic carbocycles. The van der Waals surface area contributed by atoms with E-state index in [1.54, 1.807) is 6.92 Å². The Hall–Kier alpha value is -2.66. The first-order valence-corrected chi connectivity index (χ1v) is 8.90. The summed E-state index contributed by atoms with van der Waals surface area (Å²) < 4.78 is 5.80. The quantitative estimate of drug-likeness (QED) is 0.680. The van der Waals surface area contributed by atoms with Crippen molar-refractivity contribution in [3.63, 3.8) is 0 Å². The van der Waals surface area contributed by atoms with Crippen LogP contribution in [0.2, 0.25) is 0 Å². The molecule has 1 aromatic heterocycles. The Bertz CT molecular complexity index is 867. The van der Waals surface area contributed by atoms with Crippen molar-refractivity contribution < 1.29 is 14.6 Å². The monoisotopic (exact) mass is 353 g/mol. The van der Waals surface area contributed by atoms with E-state index in [0.717, 1.165) is 28.3 Å². The van der Waals surface area contributed by atoms with E-state index in [2.05, 4.69) is 24.0 Å². The van der Waals surface area contributed by atoms with Crippen LogP contribution in [0.1, 0.15) is 33.4 Å². The Morgan fingerprint density at radius 3 is 2.28 bits per heavy atom. The average Bonchev–Trinajstić information content (AvgIpc) is 3.03. The molecule has 0 atom stereocenters. The fourth-order valence-corrected chi connectivity index (χ4v) is 3.36. The number of rotatable bonds is 6. The van der Waals surface area contributed by atoms with Gasteiger partial charge in [-0.3, -0.25) is 0 Å². The first-order valence-electron chi connectivity index (χ1n) is 8.08. The number of aromatic nitrogens is 1. The molecule has 0 saturated carbocycles. The van der Waals surface area contributed by atoms with Crippen molar-refractivity contribution >= 4 is 17.3 Å². The predicted octanol–water partition coefficient (Wildman–Crippen LogP) is 4.96. The van der Waals surface area contributed by atoms with Gasteiger partial charge in [0, 0.05) is 5.56 Å². The summed E-state index contributed by atoms with van der Waals surface area (Å²) in [5.74, 6) is -0.0803. The second kappa shape index (κ2) is 7.49. The molecule has 1 heterocycles. The first kappa shape index (κ1) is 17.2. The van der Waals surface area contributed by atoms with Gasteiger partial charge in [0.25, 0.3) is 0 Å². The smallest absolute Gasteiger partial charge is 0.347 e. The number of aromatic carboxylic acids is 1. The molecule has 25 heavy (non-hydrogen) atoms. The van der Waals surface area contributed by atoms with Crippen molar-refractivity contribution in [2.75, 3.05) is 0 Å². The lowest BCUT2D eigenvalue weighted by Gasteiger charge is -2.07. The molecule has 0 saturated heterocycles. The minimum atomic E-state index is -0.930. The molecule has 128 valence electrons. The molecule has 3 aromatic rings. The standard InChI is InChI=1S/C20H19NO3S/c1-3-14-6-10-17(11-7-14)24-12-15-4-8-16(9-5-15)19-21-13(2)18(25-19)20(22)23/h4-11H,3,12H2,1-2H3,(H,22,23). The number of hydrogen-bond donors (Lipinski definition) is 1. The summed E-state index contributed by atoms with van der Waals surface area (Å²) in [6.45, 7) is 4.33. The van der Waals surface area contributed by atoms with E-state index in [0.29, 0.717) is 12.3 Å². The molecule has 0 aliphatic heterocycles. The maximum atomic E-state index is 11.1. The van der Waals surface area contributed by atoms with Crippen LogP contribution >= 0.6 is 11.3 Å². The maximum Gasteiger partial charge on any atom is 0.347 e. The van der Waals surface area contributed by atoms with Gasteiger partial charge in [0.05, 0.1) is 5.69 Å². The van der Waals surface area contributed by atoms with Crippen LogP contribution in [0.25, 0.3) is 10.6 Å². The zero-order valence-corrected chi connectivity index (χ0v) is 15.0. The third kappa shape index (κ3) is 4.06. The highest BCUT2D eigenvalue weighted by atomic mass is 32.1. The van der Waals surface area contributed by atoms with Gasteiger partial charge >= 0.3 is 5.97 Å². The number of aryl methyl sites for hydroxylation is 2. The van der Waals surface area contributed by atoms with Gasteiger partial charge in [-0.2, -0.15) is 0 Å². The van der Waals surface area contributed by atoms with Crippen LogP contribution in [-0.2, 0) is 13.0 Å². The molecular formula is C20H19NO3S. The molecule has 0 unspecified atom stereocenters. The molecule has 0 spiro atoms. The van der Waals surface area contributed by atoms with E-state index < -0.39 is 5.97 Å². The molecule has 0 aliphatic carbocycles. The Balaban J connectivity index is 1.67. The van der Waals surface area contributed by atoms with E-state index >= 15 is 0 Å². The van der Waals surface area contributed by atoms with Gasteiger partial charge in [-0.05, 0) is 36.6 Å². The molecule has 3 rings (SSSR count). The van der Waals surface area contributed by atoms with Crippen LogP contribution in [0, 0.1) is 6.92 Å². The molecule has 0 radical (unpaired) electrons. The SMILES string of the molecule is CCc1ccc(OCc2ccc(-c3nc(C)c(C(=O)O)s3)cc2)cc1. The summed E-state index contributed by atoms with van der Waals surface area (Å²) in [5.41, 5.74) is 3.80. The zero-order valence-electron chi connectivity index (χ0n) is 14.2. The molecule has 0 fully saturated rings. The van der Waals surface area contributed by atoms with Crippen molar-refractivity contribution in [2.24, 2.45) is 0 Å². The average molecular weight is 353 g/mol. The number of carboxylic acids is 1. The number of nitrogens with zero attached hydrogens (tertiary/aromatic N) is 1. The van der Waals surface area contributed by atoms with Crippen LogP contribution in [0.4, 0.5) is 0 Å². The number of thiazole rings is 1. The van der Waals surface area contributed by atoms with Crippen molar-refractivity contribution in [3.05, 3.63) is 70.2 Å². The van der Waals surface area contributed by atoms with Gasteiger partial charge in [0.1, 0.15) is 22.2 Å². The third-order valence-electron chi connectivity index (χ3n) is 3.93. The minimum absolute atomic E-state index is 0.290. The van der Waals surface area contributed by atoms with Crippen LogP contribution in [-0.4, -0.2) is 16.1 Å². The Kier molecular flexibility index (Phi) is 5.14. The van der Waals surface area contributed by atoms with Crippen LogP contribution in [0.3, 0.4) is 0 Å². The van der Waals surface area contributed by atoms with Crippen LogP contribution < -0.4 is 4.74 Å². The van der Waals surface area contributed by atoms with E-state index in [9.17, 15) is 4.79 Å². The molecule has 0 amide bonds. The second-order valence-electron chi connectivity index (χ2n) is 5.72. The van der Waals surface area contributed by atoms with Gasteiger partial charge in [-0.1, -0.05) is 43.3 Å². The van der Waals surface area contributed by atoms with Gasteiger partial charge in [0.15, 0.2) is 0 Å². The van der Waals surface area contributed by atoms with Crippen molar-refractivity contribution in [1.29, 1.82) is 0 Å². The maximum absolute atomic E-state index is 11.1.